The second kappa shape index (κ2) is 9.88. The van der Waals surface area contributed by atoms with Crippen molar-refractivity contribution in [3.63, 3.8) is 0 Å². The summed E-state index contributed by atoms with van der Waals surface area (Å²) in [5, 5.41) is 5.12. The number of carbonyl (C=O) groups is 2. The monoisotopic (exact) mass is 328 g/mol. The van der Waals surface area contributed by atoms with Crippen molar-refractivity contribution in [2.75, 3.05) is 33.9 Å². The number of ether oxygens (including phenoxy) is 2. The number of fused-ring (bicyclic) bond motifs is 3. The molecule has 0 radical (unpaired) electrons. The standard InChI is InChI=1S/C12H21NO3.C5H11NO/c1-13-11(14)4-7-15-8-12-5-2-10(3-6-12)16-9-12;1-4(2)5(7)6-3/h10H,2-9H2,1H3,(H,13,14);4H,1-3H3,(H,6,7). The van der Waals surface area contributed by atoms with Crippen molar-refractivity contribution in [2.45, 2.75) is 52.1 Å². The van der Waals surface area contributed by atoms with Gasteiger partial charge in [-0.15, -0.1) is 0 Å². The van der Waals surface area contributed by atoms with Gasteiger partial charge >= 0.3 is 0 Å². The maximum absolute atomic E-state index is 11.0. The van der Waals surface area contributed by atoms with Crippen LogP contribution < -0.4 is 10.6 Å². The minimum atomic E-state index is 0.0427. The molecule has 2 N–H and O–H groups in total. The molecule has 6 nitrogen and oxygen atoms in total. The van der Waals surface area contributed by atoms with Crippen molar-refractivity contribution in [2.24, 2.45) is 11.3 Å². The molecule has 3 aliphatic rings. The molecule has 3 fully saturated rings. The zero-order valence-corrected chi connectivity index (χ0v) is 14.9. The molecule has 2 amide bonds. The molecule has 2 heterocycles. The van der Waals surface area contributed by atoms with Gasteiger partial charge in [-0.1, -0.05) is 13.8 Å². The molecule has 6 heteroatoms. The Hall–Kier alpha value is -1.14. The first kappa shape index (κ1) is 19.9. The van der Waals surface area contributed by atoms with Crippen LogP contribution in [0.5, 0.6) is 0 Å². The number of amides is 2. The lowest BCUT2D eigenvalue weighted by molar-refractivity contribution is -0.142. The number of nitrogens with one attached hydrogen (secondary N) is 2. The molecule has 0 spiro atoms. The highest BCUT2D eigenvalue weighted by atomic mass is 16.5. The van der Waals surface area contributed by atoms with Gasteiger partial charge in [0.2, 0.25) is 11.8 Å². The van der Waals surface area contributed by atoms with E-state index in [0.29, 0.717) is 19.1 Å². The van der Waals surface area contributed by atoms with Crippen LogP contribution >= 0.6 is 0 Å². The Balaban J connectivity index is 0.000000322. The van der Waals surface area contributed by atoms with Gasteiger partial charge < -0.3 is 20.1 Å². The Bertz CT molecular complexity index is 363. The molecule has 0 aromatic carbocycles. The third kappa shape index (κ3) is 6.87. The van der Waals surface area contributed by atoms with Gasteiger partial charge in [0.25, 0.3) is 0 Å². The van der Waals surface area contributed by atoms with E-state index < -0.39 is 0 Å². The summed E-state index contributed by atoms with van der Waals surface area (Å²) < 4.78 is 11.3. The minimum absolute atomic E-state index is 0.0427. The average molecular weight is 328 g/mol. The average Bonchev–Trinajstić information content (AvgIpc) is 2.59. The number of hydrogen-bond acceptors (Lipinski definition) is 4. The van der Waals surface area contributed by atoms with Gasteiger partial charge in [0, 0.05) is 31.8 Å². The van der Waals surface area contributed by atoms with Crippen molar-refractivity contribution in [1.29, 1.82) is 0 Å². The fourth-order valence-corrected chi connectivity index (χ4v) is 2.86. The highest BCUT2D eigenvalue weighted by Crippen LogP contribution is 2.43. The van der Waals surface area contributed by atoms with Crippen LogP contribution in [0.25, 0.3) is 0 Å². The molecule has 134 valence electrons. The van der Waals surface area contributed by atoms with Gasteiger partial charge in [0.1, 0.15) is 0 Å². The maximum atomic E-state index is 11.0. The molecule has 2 aliphatic heterocycles. The van der Waals surface area contributed by atoms with E-state index in [9.17, 15) is 9.59 Å². The van der Waals surface area contributed by atoms with E-state index in [1.54, 1.807) is 14.1 Å². The Morgan fingerprint density at radius 3 is 2.26 bits per heavy atom. The molecular formula is C17H32N2O4. The van der Waals surface area contributed by atoms with Crippen LogP contribution in [0.3, 0.4) is 0 Å². The van der Waals surface area contributed by atoms with Crippen molar-refractivity contribution in [3.05, 3.63) is 0 Å². The van der Waals surface area contributed by atoms with E-state index in [0.717, 1.165) is 13.2 Å². The van der Waals surface area contributed by atoms with Crippen LogP contribution in [-0.4, -0.2) is 51.8 Å². The molecule has 1 saturated carbocycles. The predicted octanol–water partition coefficient (Wildman–Crippen LogP) is 1.49. The van der Waals surface area contributed by atoms with Crippen LogP contribution in [0.2, 0.25) is 0 Å². The first-order valence-corrected chi connectivity index (χ1v) is 8.54. The van der Waals surface area contributed by atoms with E-state index in [1.165, 1.54) is 25.7 Å². The van der Waals surface area contributed by atoms with E-state index in [1.807, 2.05) is 13.8 Å². The molecule has 2 bridgehead atoms. The number of hydrogen-bond donors (Lipinski definition) is 2. The molecule has 0 atom stereocenters. The highest BCUT2D eigenvalue weighted by molar-refractivity contribution is 5.77. The molecular weight excluding hydrogens is 296 g/mol. The van der Waals surface area contributed by atoms with Crippen LogP contribution in [0, 0.1) is 11.3 Å². The second-order valence-corrected chi connectivity index (χ2v) is 6.76. The fraction of sp³-hybridized carbons (Fsp3) is 0.882. The van der Waals surface area contributed by atoms with E-state index in [4.69, 9.17) is 9.47 Å². The lowest BCUT2D eigenvalue weighted by atomic mass is 9.72. The largest absolute Gasteiger partial charge is 0.380 e. The number of rotatable bonds is 6. The molecule has 23 heavy (non-hydrogen) atoms. The Morgan fingerprint density at radius 1 is 1.22 bits per heavy atom. The first-order valence-electron chi connectivity index (χ1n) is 8.54. The zero-order chi connectivity index (χ0) is 17.3. The lowest BCUT2D eigenvalue weighted by Crippen LogP contribution is -2.45. The third-order valence-electron chi connectivity index (χ3n) is 4.55. The number of carbonyl (C=O) groups excluding carboxylic acids is 2. The summed E-state index contributed by atoms with van der Waals surface area (Å²) in [6, 6.07) is 0. The van der Waals surface area contributed by atoms with Crippen molar-refractivity contribution in [3.8, 4) is 0 Å². The molecule has 3 rings (SSSR count). The molecule has 0 unspecified atom stereocenters. The highest BCUT2D eigenvalue weighted by Gasteiger charge is 2.41. The van der Waals surface area contributed by atoms with Gasteiger partial charge in [0.05, 0.1) is 25.9 Å². The van der Waals surface area contributed by atoms with Crippen LogP contribution in [0.4, 0.5) is 0 Å². The first-order chi connectivity index (χ1) is 10.9. The Morgan fingerprint density at radius 2 is 1.87 bits per heavy atom. The van der Waals surface area contributed by atoms with Gasteiger partial charge in [-0.3, -0.25) is 9.59 Å². The smallest absolute Gasteiger partial charge is 0.222 e. The van der Waals surface area contributed by atoms with E-state index >= 15 is 0 Å². The van der Waals surface area contributed by atoms with Crippen molar-refractivity contribution in [1.82, 2.24) is 10.6 Å². The summed E-state index contributed by atoms with van der Waals surface area (Å²) in [6.07, 6.45) is 5.76. The minimum Gasteiger partial charge on any atom is -0.380 e. The van der Waals surface area contributed by atoms with Gasteiger partial charge in [-0.2, -0.15) is 0 Å². The summed E-state index contributed by atoms with van der Waals surface area (Å²) in [7, 11) is 3.29. The SMILES string of the molecule is CNC(=O)C(C)C.CNC(=O)CCOCC12CCC(CC1)OC2. The van der Waals surface area contributed by atoms with Crippen LogP contribution in [0.1, 0.15) is 46.0 Å². The Kier molecular flexibility index (Phi) is 8.55. The zero-order valence-electron chi connectivity index (χ0n) is 14.9. The quantitative estimate of drug-likeness (QED) is 0.724. The molecule has 1 aliphatic carbocycles. The molecule has 0 aromatic heterocycles. The van der Waals surface area contributed by atoms with Gasteiger partial charge in [-0.05, 0) is 25.7 Å². The Labute approximate surface area is 139 Å². The van der Waals surface area contributed by atoms with Crippen LogP contribution in [0.15, 0.2) is 0 Å². The summed E-state index contributed by atoms with van der Waals surface area (Å²) in [6.45, 7) is 5.83. The second-order valence-electron chi connectivity index (χ2n) is 6.76. The summed E-state index contributed by atoms with van der Waals surface area (Å²) in [5.74, 6) is 0.256. The third-order valence-corrected chi connectivity index (χ3v) is 4.55. The lowest BCUT2D eigenvalue weighted by Gasteiger charge is -2.46. The summed E-state index contributed by atoms with van der Waals surface area (Å²) >= 11 is 0. The summed E-state index contributed by atoms with van der Waals surface area (Å²) in [4.78, 5) is 21.4. The molecule has 0 aromatic rings. The molecule has 2 saturated heterocycles. The van der Waals surface area contributed by atoms with Crippen molar-refractivity contribution >= 4 is 11.8 Å². The van der Waals surface area contributed by atoms with E-state index in [2.05, 4.69) is 10.6 Å². The normalized spacial score (nSPS) is 25.5. The van der Waals surface area contributed by atoms with Crippen molar-refractivity contribution < 1.29 is 19.1 Å². The predicted molar refractivity (Wildman–Crippen MR) is 89.0 cm³/mol. The van der Waals surface area contributed by atoms with E-state index in [-0.39, 0.29) is 23.1 Å². The van der Waals surface area contributed by atoms with Gasteiger partial charge in [0.15, 0.2) is 0 Å². The van der Waals surface area contributed by atoms with Gasteiger partial charge in [-0.25, -0.2) is 0 Å². The van der Waals surface area contributed by atoms with Crippen LogP contribution in [-0.2, 0) is 19.1 Å². The summed E-state index contributed by atoms with van der Waals surface area (Å²) in [5.41, 5.74) is 0.247. The maximum Gasteiger partial charge on any atom is 0.222 e. The fourth-order valence-electron chi connectivity index (χ4n) is 2.86. The topological polar surface area (TPSA) is 76.7 Å².